The summed E-state index contributed by atoms with van der Waals surface area (Å²) in [5.74, 6) is -0.424. The van der Waals surface area contributed by atoms with E-state index in [1.165, 1.54) is 35.0 Å². The van der Waals surface area contributed by atoms with Crippen LogP contribution >= 0.6 is 35.0 Å². The number of para-hydroxylation sites is 1. The topological polar surface area (TPSA) is 73.4 Å². The maximum atomic E-state index is 14.3. The van der Waals surface area contributed by atoms with Gasteiger partial charge in [0.05, 0.1) is 32.9 Å². The number of nitrogens with one attached hydrogen (secondary N) is 2. The Labute approximate surface area is 210 Å². The van der Waals surface area contributed by atoms with E-state index in [2.05, 4.69) is 32.4 Å². The van der Waals surface area contributed by atoms with Crippen molar-refractivity contribution in [2.45, 2.75) is 18.0 Å². The van der Waals surface area contributed by atoms with Crippen molar-refractivity contribution >= 4 is 63.9 Å². The third kappa shape index (κ3) is 4.40. The Morgan fingerprint density at radius 1 is 1.24 bits per heavy atom. The molecule has 7 nitrogen and oxygen atoms in total. The average Bonchev–Trinajstić information content (AvgIpc) is 2.81. The Kier molecular flexibility index (Phi) is 6.52. The van der Waals surface area contributed by atoms with Crippen LogP contribution in [0, 0.1) is 5.82 Å². The molecule has 0 spiro atoms. The lowest BCUT2D eigenvalue weighted by atomic mass is 10.1. The van der Waals surface area contributed by atoms with Gasteiger partial charge >= 0.3 is 0 Å². The molecule has 1 amide bonds. The minimum atomic E-state index is -0.556. The molecule has 1 atom stereocenters. The number of hydrogen-bond acceptors (Lipinski definition) is 7. The van der Waals surface area contributed by atoms with Gasteiger partial charge in [0.15, 0.2) is 0 Å². The van der Waals surface area contributed by atoms with Crippen molar-refractivity contribution in [2.75, 3.05) is 40.6 Å². The molecule has 176 valence electrons. The fourth-order valence-corrected chi connectivity index (χ4v) is 5.57. The van der Waals surface area contributed by atoms with Crippen LogP contribution in [0.3, 0.4) is 0 Å². The summed E-state index contributed by atoms with van der Waals surface area (Å²) >= 11 is 14.1. The molecule has 2 N–H and O–H groups in total. The van der Waals surface area contributed by atoms with E-state index in [4.69, 9.17) is 23.2 Å². The van der Waals surface area contributed by atoms with Crippen LogP contribution in [0.1, 0.15) is 17.3 Å². The standard InChI is InChI=1S/C23H21Cl2FN6OS/c1-13-10-27-7-8-31(13)19-6-5-14(9-17(19)25)29-23-28-11-15-21(30-23)34-12-32(22(15)33)20-16(24)3-2-4-18(20)26/h2-6,9,11,13,27H,7-8,10,12H2,1H3,(H,28,29,30)/t13-/m0/s1. The van der Waals surface area contributed by atoms with Gasteiger partial charge in [-0.05, 0) is 37.3 Å². The Hall–Kier alpha value is -2.59. The van der Waals surface area contributed by atoms with E-state index in [1.807, 2.05) is 18.2 Å². The first-order valence-corrected chi connectivity index (χ1v) is 12.5. The summed E-state index contributed by atoms with van der Waals surface area (Å²) in [6.07, 6.45) is 1.44. The maximum Gasteiger partial charge on any atom is 0.263 e. The lowest BCUT2D eigenvalue weighted by Crippen LogP contribution is -2.50. The molecule has 2 aromatic carbocycles. The number of hydrogen-bond donors (Lipinski definition) is 2. The number of anilines is 4. The number of carbonyl (C=O) groups is 1. The number of carbonyl (C=O) groups excluding carboxylic acids is 1. The Bertz CT molecular complexity index is 1240. The van der Waals surface area contributed by atoms with Crippen LogP contribution in [0.25, 0.3) is 0 Å². The number of piperazine rings is 1. The number of nitrogens with zero attached hydrogens (tertiary/aromatic N) is 4. The molecule has 5 rings (SSSR count). The van der Waals surface area contributed by atoms with E-state index in [-0.39, 0.29) is 16.6 Å². The van der Waals surface area contributed by atoms with Crippen molar-refractivity contribution in [3.8, 4) is 0 Å². The highest BCUT2D eigenvalue weighted by atomic mass is 35.5. The van der Waals surface area contributed by atoms with E-state index in [9.17, 15) is 9.18 Å². The smallest absolute Gasteiger partial charge is 0.263 e. The van der Waals surface area contributed by atoms with Crippen molar-refractivity contribution in [1.82, 2.24) is 15.3 Å². The molecule has 3 heterocycles. The second-order valence-corrected chi connectivity index (χ2v) is 9.78. The normalized spacial score (nSPS) is 18.1. The molecule has 1 aromatic heterocycles. The lowest BCUT2D eigenvalue weighted by molar-refractivity contribution is 0.0985. The first kappa shape index (κ1) is 23.2. The number of aromatic nitrogens is 2. The van der Waals surface area contributed by atoms with Crippen molar-refractivity contribution in [2.24, 2.45) is 0 Å². The predicted octanol–water partition coefficient (Wildman–Crippen LogP) is 5.17. The summed E-state index contributed by atoms with van der Waals surface area (Å²) in [6, 6.07) is 10.4. The fraction of sp³-hybridized carbons (Fsp3) is 0.261. The minimum absolute atomic E-state index is 0.0584. The lowest BCUT2D eigenvalue weighted by Gasteiger charge is -2.36. The van der Waals surface area contributed by atoms with Crippen molar-refractivity contribution in [1.29, 1.82) is 0 Å². The monoisotopic (exact) mass is 518 g/mol. The molecule has 0 bridgehead atoms. The molecule has 0 saturated carbocycles. The van der Waals surface area contributed by atoms with Crippen molar-refractivity contribution in [3.63, 3.8) is 0 Å². The van der Waals surface area contributed by atoms with E-state index in [1.54, 1.807) is 6.07 Å². The van der Waals surface area contributed by atoms with Gasteiger partial charge in [0, 0.05) is 37.6 Å². The Morgan fingerprint density at radius 3 is 2.85 bits per heavy atom. The van der Waals surface area contributed by atoms with Gasteiger partial charge in [-0.1, -0.05) is 41.0 Å². The SMILES string of the molecule is C[C@H]1CNCCN1c1ccc(Nc2ncc3c(n2)SCN(c2c(F)cccc2Cl)C3=O)cc1Cl. The number of thioether (sulfide) groups is 1. The van der Waals surface area contributed by atoms with E-state index < -0.39 is 11.7 Å². The van der Waals surface area contributed by atoms with Gasteiger partial charge in [0.2, 0.25) is 5.95 Å². The minimum Gasteiger partial charge on any atom is -0.365 e. The largest absolute Gasteiger partial charge is 0.365 e. The number of halogens is 3. The van der Waals surface area contributed by atoms with E-state index in [0.29, 0.717) is 27.6 Å². The average molecular weight is 519 g/mol. The van der Waals surface area contributed by atoms with Crippen LogP contribution in [0.5, 0.6) is 0 Å². The van der Waals surface area contributed by atoms with Gasteiger partial charge in [-0.15, -0.1) is 0 Å². The molecule has 34 heavy (non-hydrogen) atoms. The van der Waals surface area contributed by atoms with Crippen LogP contribution in [0.15, 0.2) is 47.6 Å². The van der Waals surface area contributed by atoms with Crippen LogP contribution in [-0.4, -0.2) is 47.4 Å². The van der Waals surface area contributed by atoms with Crippen LogP contribution in [-0.2, 0) is 0 Å². The summed E-state index contributed by atoms with van der Waals surface area (Å²) in [5.41, 5.74) is 2.08. The summed E-state index contributed by atoms with van der Waals surface area (Å²) in [7, 11) is 0. The second kappa shape index (κ2) is 9.58. The van der Waals surface area contributed by atoms with Gasteiger partial charge < -0.3 is 15.5 Å². The highest BCUT2D eigenvalue weighted by Crippen LogP contribution is 2.37. The first-order valence-electron chi connectivity index (χ1n) is 10.7. The molecule has 3 aromatic rings. The summed E-state index contributed by atoms with van der Waals surface area (Å²) < 4.78 is 14.3. The molecule has 0 unspecified atom stereocenters. The van der Waals surface area contributed by atoms with Crippen LogP contribution in [0.2, 0.25) is 10.0 Å². The van der Waals surface area contributed by atoms with Crippen molar-refractivity contribution < 1.29 is 9.18 Å². The predicted molar refractivity (Wildman–Crippen MR) is 135 cm³/mol. The van der Waals surface area contributed by atoms with Gasteiger partial charge in [-0.2, -0.15) is 0 Å². The van der Waals surface area contributed by atoms with Gasteiger partial charge in [0.25, 0.3) is 5.91 Å². The fourth-order valence-electron chi connectivity index (χ4n) is 4.07. The van der Waals surface area contributed by atoms with Crippen LogP contribution < -0.4 is 20.4 Å². The number of amides is 1. The molecule has 1 saturated heterocycles. The summed E-state index contributed by atoms with van der Waals surface area (Å²) in [5, 5.41) is 7.86. The summed E-state index contributed by atoms with van der Waals surface area (Å²) in [4.78, 5) is 25.4. The van der Waals surface area contributed by atoms with Gasteiger partial charge in [-0.25, -0.2) is 14.4 Å². The second-order valence-electron chi connectivity index (χ2n) is 8.03. The van der Waals surface area contributed by atoms with E-state index in [0.717, 1.165) is 31.0 Å². The van der Waals surface area contributed by atoms with Gasteiger partial charge in [0.1, 0.15) is 10.8 Å². The molecule has 2 aliphatic heterocycles. The number of fused-ring (bicyclic) bond motifs is 1. The highest BCUT2D eigenvalue weighted by molar-refractivity contribution is 7.99. The third-order valence-electron chi connectivity index (χ3n) is 5.78. The quantitative estimate of drug-likeness (QED) is 0.461. The van der Waals surface area contributed by atoms with Crippen molar-refractivity contribution in [3.05, 3.63) is 64.0 Å². The first-order chi connectivity index (χ1) is 16.4. The zero-order valence-electron chi connectivity index (χ0n) is 18.2. The highest BCUT2D eigenvalue weighted by Gasteiger charge is 2.31. The Balaban J connectivity index is 1.35. The zero-order valence-corrected chi connectivity index (χ0v) is 20.5. The molecular formula is C23H21Cl2FN6OS. The maximum absolute atomic E-state index is 14.3. The van der Waals surface area contributed by atoms with Gasteiger partial charge in [-0.3, -0.25) is 9.69 Å². The van der Waals surface area contributed by atoms with Crippen LogP contribution in [0.4, 0.5) is 27.4 Å². The molecule has 1 fully saturated rings. The third-order valence-corrected chi connectivity index (χ3v) is 7.36. The molecular weight excluding hydrogens is 498 g/mol. The Morgan fingerprint density at radius 2 is 2.09 bits per heavy atom. The summed E-state index contributed by atoms with van der Waals surface area (Å²) in [6.45, 7) is 4.88. The molecule has 0 radical (unpaired) electrons. The number of benzene rings is 2. The number of rotatable bonds is 4. The molecule has 0 aliphatic carbocycles. The molecule has 2 aliphatic rings. The molecule has 11 heteroatoms. The van der Waals surface area contributed by atoms with E-state index >= 15 is 0 Å². The zero-order chi connectivity index (χ0) is 23.8.